The van der Waals surface area contributed by atoms with Crippen molar-refractivity contribution in [3.63, 3.8) is 0 Å². The van der Waals surface area contributed by atoms with Crippen molar-refractivity contribution in [1.29, 1.82) is 0 Å². The minimum Gasteiger partial charge on any atom is -0.480 e. The van der Waals surface area contributed by atoms with Crippen molar-refractivity contribution >= 4 is 29.3 Å². The van der Waals surface area contributed by atoms with Gasteiger partial charge in [0.15, 0.2) is 5.16 Å². The third-order valence-electron chi connectivity index (χ3n) is 4.67. The lowest BCUT2D eigenvalue weighted by Gasteiger charge is -2.43. The summed E-state index contributed by atoms with van der Waals surface area (Å²) < 4.78 is 13.6. The summed E-state index contributed by atoms with van der Waals surface area (Å²) in [4.78, 5) is 24.3. The van der Waals surface area contributed by atoms with Crippen molar-refractivity contribution < 1.29 is 19.4 Å². The highest BCUT2D eigenvalue weighted by atomic mass is 79.9. The number of nitrogens with zero attached hydrogens (tertiary/aromatic N) is 1. The number of hydrogen-bond acceptors (Lipinski definition) is 4. The van der Waals surface area contributed by atoms with Crippen molar-refractivity contribution in [3.8, 4) is 0 Å². The first-order valence-electron chi connectivity index (χ1n) is 8.03. The summed E-state index contributed by atoms with van der Waals surface area (Å²) in [6.07, 6.45) is 1.38. The molecule has 2 unspecified atom stereocenters. The lowest BCUT2D eigenvalue weighted by Crippen LogP contribution is -2.53. The third-order valence-corrected chi connectivity index (χ3v) is 8.14. The number of carboxylic acid groups (broad SMARTS) is 1. The molecule has 24 heavy (non-hydrogen) atoms. The van der Waals surface area contributed by atoms with Crippen molar-refractivity contribution in [3.05, 3.63) is 34.3 Å². The maximum atomic E-state index is 12.7. The maximum Gasteiger partial charge on any atom is 0.320 e. The van der Waals surface area contributed by atoms with E-state index in [0.717, 1.165) is 10.0 Å². The van der Waals surface area contributed by atoms with Gasteiger partial charge in [-0.3, -0.25) is 14.3 Å². The number of carbonyl (C=O) groups is 1. The molecule has 0 saturated carbocycles. The van der Waals surface area contributed by atoms with Crippen LogP contribution in [0.3, 0.4) is 0 Å². The molecule has 1 aliphatic rings. The van der Waals surface area contributed by atoms with Crippen LogP contribution in [0.25, 0.3) is 0 Å². The summed E-state index contributed by atoms with van der Waals surface area (Å²) in [5, 5.41) is 8.17. The van der Waals surface area contributed by atoms with E-state index in [1.165, 1.54) is 0 Å². The van der Waals surface area contributed by atoms with Crippen LogP contribution in [-0.2, 0) is 15.9 Å². The molecule has 1 heterocycles. The molecule has 0 radical (unpaired) electrons. The summed E-state index contributed by atoms with van der Waals surface area (Å²) >= 11 is 3.49. The quantitative estimate of drug-likeness (QED) is 0.464. The van der Waals surface area contributed by atoms with Gasteiger partial charge >= 0.3 is 5.97 Å². The predicted octanol–water partition coefficient (Wildman–Crippen LogP) is 2.49. The fraction of sp³-hybridized carbons (Fsp3) is 0.562. The fourth-order valence-electron chi connectivity index (χ4n) is 3.19. The van der Waals surface area contributed by atoms with E-state index in [0.29, 0.717) is 32.5 Å². The normalized spacial score (nSPS) is 28.0. The second-order valence-electron chi connectivity index (χ2n) is 6.31. The van der Waals surface area contributed by atoms with Crippen LogP contribution < -0.4 is 5.73 Å². The van der Waals surface area contributed by atoms with Crippen LogP contribution in [0, 0.1) is 0 Å². The Morgan fingerprint density at radius 2 is 2.08 bits per heavy atom. The van der Waals surface area contributed by atoms with Crippen LogP contribution in [0.5, 0.6) is 0 Å². The Bertz CT molecular complexity index is 642. The van der Waals surface area contributed by atoms with Gasteiger partial charge in [0.2, 0.25) is 7.37 Å². The van der Waals surface area contributed by atoms with Crippen molar-refractivity contribution in [2.75, 3.05) is 25.8 Å². The molecule has 0 aromatic heterocycles. The molecule has 4 N–H and O–H groups in total. The second kappa shape index (κ2) is 8.11. The van der Waals surface area contributed by atoms with Gasteiger partial charge in [-0.2, -0.15) is 0 Å². The number of rotatable bonds is 7. The van der Waals surface area contributed by atoms with Gasteiger partial charge < -0.3 is 15.7 Å². The number of halogens is 1. The maximum absolute atomic E-state index is 12.7. The summed E-state index contributed by atoms with van der Waals surface area (Å²) in [6, 6.07) is 7.74. The number of unbranched alkanes of at least 4 members (excludes halogenated alkanes) is 1. The minimum atomic E-state index is -3.77. The number of benzene rings is 1. The van der Waals surface area contributed by atoms with Gasteiger partial charge in [0.1, 0.15) is 0 Å². The summed E-state index contributed by atoms with van der Waals surface area (Å²) in [5.41, 5.74) is 6.52. The van der Waals surface area contributed by atoms with Gasteiger partial charge in [-0.15, -0.1) is 0 Å². The molecule has 0 bridgehead atoms. The Kier molecular flexibility index (Phi) is 6.62. The van der Waals surface area contributed by atoms with Crippen LogP contribution in [0.1, 0.15) is 24.8 Å². The van der Waals surface area contributed by atoms with Crippen LogP contribution in [0.2, 0.25) is 0 Å². The van der Waals surface area contributed by atoms with Gasteiger partial charge in [0.25, 0.3) is 0 Å². The SMILES string of the molecule is NCCCCC1(C(=O)O)CN(Cc2ccccc2Br)CCP1(=O)O. The zero-order valence-electron chi connectivity index (χ0n) is 13.5. The highest BCUT2D eigenvalue weighted by Gasteiger charge is 2.56. The van der Waals surface area contributed by atoms with E-state index in [-0.39, 0.29) is 19.1 Å². The summed E-state index contributed by atoms with van der Waals surface area (Å²) in [7, 11) is -3.77. The smallest absolute Gasteiger partial charge is 0.320 e. The zero-order valence-corrected chi connectivity index (χ0v) is 16.0. The van der Waals surface area contributed by atoms with Crippen LogP contribution in [0.4, 0.5) is 0 Å². The topological polar surface area (TPSA) is 104 Å². The molecule has 2 atom stereocenters. The Labute approximate surface area is 150 Å². The summed E-state index contributed by atoms with van der Waals surface area (Å²) in [6.45, 7) is 1.50. The molecule has 0 aliphatic carbocycles. The first kappa shape index (κ1) is 19.6. The molecule has 134 valence electrons. The summed E-state index contributed by atoms with van der Waals surface area (Å²) in [5.74, 6) is -1.18. The first-order valence-corrected chi connectivity index (χ1v) is 10.7. The molecule has 1 saturated heterocycles. The molecular weight excluding hydrogens is 395 g/mol. The minimum absolute atomic E-state index is 0.00633. The number of aliphatic carboxylic acids is 1. The van der Waals surface area contributed by atoms with E-state index < -0.39 is 18.5 Å². The van der Waals surface area contributed by atoms with E-state index >= 15 is 0 Å². The third kappa shape index (κ3) is 4.09. The fourth-order valence-corrected chi connectivity index (χ4v) is 5.81. The molecule has 0 spiro atoms. The van der Waals surface area contributed by atoms with Crippen LogP contribution in [0.15, 0.2) is 28.7 Å². The van der Waals surface area contributed by atoms with Crippen molar-refractivity contribution in [2.45, 2.75) is 31.0 Å². The lowest BCUT2D eigenvalue weighted by atomic mass is 9.99. The zero-order chi connectivity index (χ0) is 17.8. The number of nitrogens with two attached hydrogens (primary N) is 1. The number of hydrogen-bond donors (Lipinski definition) is 3. The average Bonchev–Trinajstić information content (AvgIpc) is 2.52. The predicted molar refractivity (Wildman–Crippen MR) is 97.4 cm³/mol. The molecule has 1 aliphatic heterocycles. The standard InChI is InChI=1S/C16H24BrN2O4P/c17-14-6-2-1-5-13(14)11-19-9-10-24(22,23)16(12-19,15(20)21)7-3-4-8-18/h1-2,5-6H,3-4,7-12,18H2,(H,20,21)(H,22,23). The van der Waals surface area contributed by atoms with E-state index in [2.05, 4.69) is 15.9 Å². The largest absolute Gasteiger partial charge is 0.480 e. The van der Waals surface area contributed by atoms with Gasteiger partial charge in [-0.1, -0.05) is 40.5 Å². The first-order chi connectivity index (χ1) is 11.3. The number of carboxylic acids is 1. The molecule has 6 nitrogen and oxygen atoms in total. The molecular formula is C16H24BrN2O4P. The second-order valence-corrected chi connectivity index (χ2v) is 9.87. The van der Waals surface area contributed by atoms with E-state index in [4.69, 9.17) is 5.73 Å². The van der Waals surface area contributed by atoms with E-state index in [9.17, 15) is 19.4 Å². The van der Waals surface area contributed by atoms with Gasteiger partial charge in [0, 0.05) is 30.3 Å². The van der Waals surface area contributed by atoms with Crippen LogP contribution in [-0.4, -0.2) is 51.8 Å². The highest BCUT2D eigenvalue weighted by Crippen LogP contribution is 2.59. The molecule has 0 amide bonds. The average molecular weight is 419 g/mol. The van der Waals surface area contributed by atoms with E-state index in [1.54, 1.807) is 0 Å². The molecule has 8 heteroatoms. The Morgan fingerprint density at radius 3 is 2.71 bits per heavy atom. The monoisotopic (exact) mass is 418 g/mol. The molecule has 1 aromatic rings. The molecule has 2 rings (SSSR count). The van der Waals surface area contributed by atoms with Crippen molar-refractivity contribution in [1.82, 2.24) is 4.90 Å². The molecule has 1 fully saturated rings. The lowest BCUT2D eigenvalue weighted by molar-refractivity contribution is -0.141. The molecule has 1 aromatic carbocycles. The Hall–Kier alpha value is -0.720. The van der Waals surface area contributed by atoms with Gasteiger partial charge in [-0.25, -0.2) is 0 Å². The Morgan fingerprint density at radius 1 is 1.38 bits per heavy atom. The van der Waals surface area contributed by atoms with Crippen LogP contribution >= 0.6 is 23.3 Å². The van der Waals surface area contributed by atoms with Gasteiger partial charge in [-0.05, 0) is 31.0 Å². The van der Waals surface area contributed by atoms with Gasteiger partial charge in [0.05, 0.1) is 0 Å². The van der Waals surface area contributed by atoms with Crippen molar-refractivity contribution in [2.24, 2.45) is 5.73 Å². The van der Waals surface area contributed by atoms with E-state index in [1.807, 2.05) is 29.2 Å². The Balaban J connectivity index is 2.22. The highest BCUT2D eigenvalue weighted by molar-refractivity contribution is 9.10.